The van der Waals surface area contributed by atoms with E-state index < -0.39 is 0 Å². The van der Waals surface area contributed by atoms with Gasteiger partial charge in [0.05, 0.1) is 12.1 Å². The Morgan fingerprint density at radius 1 is 1.62 bits per heavy atom. The largest absolute Gasteiger partial charge is 0.376 e. The third kappa shape index (κ3) is 2.65. The van der Waals surface area contributed by atoms with E-state index in [0.717, 1.165) is 13.2 Å². The zero-order valence-electron chi connectivity index (χ0n) is 10.2. The first-order chi connectivity index (χ1) is 7.83. The number of rotatable bonds is 5. The van der Waals surface area contributed by atoms with Crippen molar-refractivity contribution in [2.75, 3.05) is 13.2 Å². The highest BCUT2D eigenvalue weighted by Gasteiger charge is 2.28. The van der Waals surface area contributed by atoms with Gasteiger partial charge in [-0.1, -0.05) is 6.92 Å². The van der Waals surface area contributed by atoms with Crippen LogP contribution in [0.4, 0.5) is 0 Å². The van der Waals surface area contributed by atoms with E-state index in [0.29, 0.717) is 12.1 Å². The third-order valence-electron chi connectivity index (χ3n) is 3.14. The summed E-state index contributed by atoms with van der Waals surface area (Å²) in [6.45, 7) is 6.41. The van der Waals surface area contributed by atoms with Gasteiger partial charge in [-0.2, -0.15) is 0 Å². The van der Waals surface area contributed by atoms with Crippen LogP contribution >= 0.6 is 11.3 Å². The minimum Gasteiger partial charge on any atom is -0.376 e. The summed E-state index contributed by atoms with van der Waals surface area (Å²) >= 11 is 1.85. The highest BCUT2D eigenvalue weighted by atomic mass is 32.1. The van der Waals surface area contributed by atoms with Crippen LogP contribution in [0.3, 0.4) is 0 Å². The van der Waals surface area contributed by atoms with E-state index in [2.05, 4.69) is 30.6 Å². The summed E-state index contributed by atoms with van der Waals surface area (Å²) in [5.74, 6) is 0. The summed E-state index contributed by atoms with van der Waals surface area (Å²) in [5, 5.41) is 5.82. The van der Waals surface area contributed by atoms with Gasteiger partial charge in [0, 0.05) is 11.5 Å². The molecule has 1 fully saturated rings. The van der Waals surface area contributed by atoms with Crippen LogP contribution in [0.25, 0.3) is 0 Å². The lowest BCUT2D eigenvalue weighted by molar-refractivity contribution is 0.0792. The second kappa shape index (κ2) is 5.80. The van der Waals surface area contributed by atoms with Gasteiger partial charge in [0.15, 0.2) is 0 Å². The molecule has 1 aliphatic heterocycles. The second-order valence-electron chi connectivity index (χ2n) is 4.45. The predicted octanol–water partition coefficient (Wildman–Crippen LogP) is 3.28. The first-order valence-corrected chi connectivity index (χ1v) is 7.10. The van der Waals surface area contributed by atoms with Gasteiger partial charge in [0.1, 0.15) is 0 Å². The van der Waals surface area contributed by atoms with Crippen LogP contribution in [0.5, 0.6) is 0 Å². The van der Waals surface area contributed by atoms with E-state index in [9.17, 15) is 0 Å². The predicted molar refractivity (Wildman–Crippen MR) is 69.1 cm³/mol. The first kappa shape index (κ1) is 12.1. The Morgan fingerprint density at radius 2 is 2.50 bits per heavy atom. The number of aryl methyl sites for hydroxylation is 1. The summed E-state index contributed by atoms with van der Waals surface area (Å²) < 4.78 is 5.84. The Hall–Kier alpha value is -0.380. The molecule has 0 amide bonds. The molecular formula is C13H21NOS. The van der Waals surface area contributed by atoms with Crippen LogP contribution in [-0.2, 0) is 4.74 Å². The van der Waals surface area contributed by atoms with Crippen molar-refractivity contribution in [1.82, 2.24) is 5.32 Å². The molecule has 16 heavy (non-hydrogen) atoms. The molecule has 1 aromatic heterocycles. The van der Waals surface area contributed by atoms with Crippen LogP contribution in [-0.4, -0.2) is 19.3 Å². The number of hydrogen-bond acceptors (Lipinski definition) is 3. The Kier molecular flexibility index (Phi) is 4.38. The lowest BCUT2D eigenvalue weighted by Gasteiger charge is -2.24. The number of hydrogen-bond donors (Lipinski definition) is 1. The molecule has 0 aromatic carbocycles. The van der Waals surface area contributed by atoms with Crippen molar-refractivity contribution in [3.63, 3.8) is 0 Å². The Balaban J connectivity index is 2.10. The fraction of sp³-hybridized carbons (Fsp3) is 0.692. The molecule has 3 heteroatoms. The third-order valence-corrected chi connectivity index (χ3v) is 4.24. The summed E-state index contributed by atoms with van der Waals surface area (Å²) in [6.07, 6.45) is 3.95. The normalized spacial score (nSPS) is 22.5. The first-order valence-electron chi connectivity index (χ1n) is 6.22. The Labute approximate surface area is 102 Å². The molecule has 0 saturated carbocycles. The maximum Gasteiger partial charge on any atom is 0.0778 e. The van der Waals surface area contributed by atoms with E-state index in [-0.39, 0.29) is 0 Å². The molecule has 0 radical (unpaired) electrons. The van der Waals surface area contributed by atoms with Crippen LogP contribution < -0.4 is 5.32 Å². The molecular weight excluding hydrogens is 218 g/mol. The molecule has 2 atom stereocenters. The van der Waals surface area contributed by atoms with E-state index in [4.69, 9.17) is 4.74 Å². The van der Waals surface area contributed by atoms with Crippen molar-refractivity contribution in [2.45, 2.75) is 45.3 Å². The molecule has 90 valence electrons. The van der Waals surface area contributed by atoms with Crippen LogP contribution in [0.1, 0.15) is 42.7 Å². The summed E-state index contributed by atoms with van der Waals surface area (Å²) in [6, 6.07) is 2.61. The lowest BCUT2D eigenvalue weighted by atomic mass is 10.0. The van der Waals surface area contributed by atoms with E-state index in [1.807, 2.05) is 11.3 Å². The maximum absolute atomic E-state index is 5.84. The van der Waals surface area contributed by atoms with Gasteiger partial charge in [-0.25, -0.2) is 0 Å². The fourth-order valence-electron chi connectivity index (χ4n) is 2.26. The Morgan fingerprint density at radius 3 is 3.06 bits per heavy atom. The van der Waals surface area contributed by atoms with Crippen LogP contribution in [0.15, 0.2) is 11.4 Å². The highest BCUT2D eigenvalue weighted by Crippen LogP contribution is 2.32. The maximum atomic E-state index is 5.84. The van der Waals surface area contributed by atoms with Crippen molar-refractivity contribution >= 4 is 11.3 Å². The molecule has 1 aliphatic rings. The minimum absolute atomic E-state index is 0.379. The van der Waals surface area contributed by atoms with E-state index >= 15 is 0 Å². The van der Waals surface area contributed by atoms with Gasteiger partial charge < -0.3 is 10.1 Å². The van der Waals surface area contributed by atoms with Gasteiger partial charge in [-0.3, -0.25) is 0 Å². The molecule has 1 saturated heterocycles. The van der Waals surface area contributed by atoms with Gasteiger partial charge in [0.2, 0.25) is 0 Å². The van der Waals surface area contributed by atoms with Gasteiger partial charge in [-0.05, 0) is 49.7 Å². The second-order valence-corrected chi connectivity index (χ2v) is 5.40. The number of nitrogens with one attached hydrogen (secondary N) is 1. The van der Waals surface area contributed by atoms with E-state index in [1.54, 1.807) is 0 Å². The molecule has 1 aromatic rings. The molecule has 2 unspecified atom stereocenters. The monoisotopic (exact) mass is 239 g/mol. The number of thiophene rings is 1. The molecule has 0 aliphatic carbocycles. The molecule has 0 spiro atoms. The zero-order valence-corrected chi connectivity index (χ0v) is 11.0. The van der Waals surface area contributed by atoms with Crippen molar-refractivity contribution < 1.29 is 4.74 Å². The standard InChI is InChI=1S/C13H21NOS/c1-3-7-14-12(11-5-4-8-15-11)13-10(2)6-9-16-13/h6,9,11-12,14H,3-5,7-8H2,1-2H3. The topological polar surface area (TPSA) is 21.3 Å². The SMILES string of the molecule is CCCNC(c1sccc1C)C1CCCO1. The average molecular weight is 239 g/mol. The summed E-state index contributed by atoms with van der Waals surface area (Å²) in [7, 11) is 0. The molecule has 2 rings (SSSR count). The van der Waals surface area contributed by atoms with Gasteiger partial charge >= 0.3 is 0 Å². The smallest absolute Gasteiger partial charge is 0.0778 e. The molecule has 1 N–H and O–H groups in total. The molecule has 2 nitrogen and oxygen atoms in total. The minimum atomic E-state index is 0.379. The van der Waals surface area contributed by atoms with Crippen molar-refractivity contribution in [2.24, 2.45) is 0 Å². The van der Waals surface area contributed by atoms with Crippen molar-refractivity contribution in [1.29, 1.82) is 0 Å². The van der Waals surface area contributed by atoms with Gasteiger partial charge in [0.25, 0.3) is 0 Å². The Bertz CT molecular complexity index is 317. The van der Waals surface area contributed by atoms with Crippen LogP contribution in [0, 0.1) is 6.92 Å². The summed E-state index contributed by atoms with van der Waals surface area (Å²) in [5.41, 5.74) is 1.40. The van der Waals surface area contributed by atoms with Crippen molar-refractivity contribution in [3.05, 3.63) is 21.9 Å². The lowest BCUT2D eigenvalue weighted by Crippen LogP contribution is -2.32. The highest BCUT2D eigenvalue weighted by molar-refractivity contribution is 7.10. The summed E-state index contributed by atoms with van der Waals surface area (Å²) in [4.78, 5) is 1.46. The van der Waals surface area contributed by atoms with Gasteiger partial charge in [-0.15, -0.1) is 11.3 Å². The molecule has 2 heterocycles. The number of ether oxygens (including phenoxy) is 1. The zero-order chi connectivity index (χ0) is 11.4. The van der Waals surface area contributed by atoms with E-state index in [1.165, 1.54) is 29.7 Å². The fourth-order valence-corrected chi connectivity index (χ4v) is 3.32. The van der Waals surface area contributed by atoms with Crippen molar-refractivity contribution in [3.8, 4) is 0 Å². The average Bonchev–Trinajstić information content (AvgIpc) is 2.91. The van der Waals surface area contributed by atoms with Crippen LogP contribution in [0.2, 0.25) is 0 Å². The quantitative estimate of drug-likeness (QED) is 0.851. The molecule has 0 bridgehead atoms.